The van der Waals surface area contributed by atoms with Crippen molar-refractivity contribution in [2.45, 2.75) is 26.0 Å². The fourth-order valence-corrected chi connectivity index (χ4v) is 1.83. The largest absolute Gasteiger partial charge is 0.491 e. The fraction of sp³-hybridized carbons (Fsp3) is 0.538. The first-order valence-electron chi connectivity index (χ1n) is 5.83. The van der Waals surface area contributed by atoms with Crippen molar-refractivity contribution in [1.29, 1.82) is 0 Å². The van der Waals surface area contributed by atoms with Crippen molar-refractivity contribution in [3.05, 3.63) is 29.8 Å². The van der Waals surface area contributed by atoms with E-state index in [1.165, 1.54) is 5.56 Å². The number of hydrogen-bond donors (Lipinski definition) is 1. The highest BCUT2D eigenvalue weighted by atomic mass is 35.5. The Kier molecular flexibility index (Phi) is 5.75. The first kappa shape index (κ1) is 14.3. The van der Waals surface area contributed by atoms with Crippen LogP contribution in [0.2, 0.25) is 0 Å². The monoisotopic (exact) mass is 257 g/mol. The van der Waals surface area contributed by atoms with Crippen LogP contribution in [0.25, 0.3) is 0 Å². The minimum Gasteiger partial charge on any atom is -0.491 e. The molecule has 1 heterocycles. The van der Waals surface area contributed by atoms with Crippen molar-refractivity contribution in [1.82, 2.24) is 5.32 Å². The highest BCUT2D eigenvalue weighted by Crippen LogP contribution is 2.20. The predicted molar refractivity (Wildman–Crippen MR) is 71.0 cm³/mol. The van der Waals surface area contributed by atoms with Crippen LogP contribution >= 0.6 is 12.4 Å². The summed E-state index contributed by atoms with van der Waals surface area (Å²) in [4.78, 5) is 0. The lowest BCUT2D eigenvalue weighted by molar-refractivity contribution is 0.0768. The normalized spacial score (nSPS) is 19.8. The van der Waals surface area contributed by atoms with E-state index in [0.29, 0.717) is 6.04 Å². The minimum absolute atomic E-state index is 0. The molecule has 0 saturated carbocycles. The molecule has 1 aliphatic rings. The molecule has 1 aliphatic heterocycles. The molecule has 1 fully saturated rings. The number of rotatable bonds is 3. The molecular weight excluding hydrogens is 238 g/mol. The van der Waals surface area contributed by atoms with Gasteiger partial charge in [-0.05, 0) is 31.5 Å². The van der Waals surface area contributed by atoms with E-state index in [9.17, 15) is 0 Å². The van der Waals surface area contributed by atoms with Crippen LogP contribution in [0.4, 0.5) is 0 Å². The van der Waals surface area contributed by atoms with Gasteiger partial charge in [0, 0.05) is 6.54 Å². The van der Waals surface area contributed by atoms with Crippen molar-refractivity contribution < 1.29 is 9.47 Å². The summed E-state index contributed by atoms with van der Waals surface area (Å²) in [5.41, 5.74) is 1.26. The van der Waals surface area contributed by atoms with Gasteiger partial charge >= 0.3 is 0 Å². The molecule has 3 nitrogen and oxygen atoms in total. The summed E-state index contributed by atoms with van der Waals surface area (Å²) in [5, 5.41) is 3.43. The molecule has 0 bridgehead atoms. The van der Waals surface area contributed by atoms with Gasteiger partial charge in [-0.3, -0.25) is 0 Å². The standard InChI is InChI=1S/C13H19NO2.ClH/c1-10(2)16-12-5-3-11(4-6-12)13-9-15-8-7-14-13;/h3-6,10,13-14H,7-9H2,1-2H3;1H/t13-;/m0./s1. The summed E-state index contributed by atoms with van der Waals surface area (Å²) in [6, 6.07) is 8.56. The maximum Gasteiger partial charge on any atom is 0.119 e. The molecule has 0 unspecified atom stereocenters. The molecule has 4 heteroatoms. The second-order valence-corrected chi connectivity index (χ2v) is 4.32. The molecule has 0 spiro atoms. The summed E-state index contributed by atoms with van der Waals surface area (Å²) in [6.07, 6.45) is 0.224. The topological polar surface area (TPSA) is 30.5 Å². The van der Waals surface area contributed by atoms with E-state index in [2.05, 4.69) is 17.4 Å². The predicted octanol–water partition coefficient (Wildman–Crippen LogP) is 2.56. The Labute approximate surface area is 109 Å². The van der Waals surface area contributed by atoms with Crippen LogP contribution in [0.1, 0.15) is 25.5 Å². The van der Waals surface area contributed by atoms with E-state index in [-0.39, 0.29) is 18.5 Å². The first-order valence-corrected chi connectivity index (χ1v) is 5.83. The lowest BCUT2D eigenvalue weighted by atomic mass is 10.1. The van der Waals surface area contributed by atoms with Gasteiger partial charge in [0.25, 0.3) is 0 Å². The third-order valence-electron chi connectivity index (χ3n) is 2.58. The number of halogens is 1. The van der Waals surface area contributed by atoms with Gasteiger partial charge in [0.1, 0.15) is 5.75 Å². The van der Waals surface area contributed by atoms with Crippen LogP contribution in [0.5, 0.6) is 5.75 Å². The molecule has 1 aromatic rings. The maximum atomic E-state index is 5.60. The van der Waals surface area contributed by atoms with Gasteiger partial charge < -0.3 is 14.8 Å². The van der Waals surface area contributed by atoms with Gasteiger partial charge in [-0.25, -0.2) is 0 Å². The number of benzene rings is 1. The highest BCUT2D eigenvalue weighted by molar-refractivity contribution is 5.85. The Morgan fingerprint density at radius 1 is 1.29 bits per heavy atom. The second kappa shape index (κ2) is 6.84. The number of hydrogen-bond acceptors (Lipinski definition) is 3. The molecule has 2 rings (SSSR count). The zero-order valence-electron chi connectivity index (χ0n) is 10.3. The Bertz CT molecular complexity index is 321. The molecule has 1 saturated heterocycles. The van der Waals surface area contributed by atoms with E-state index in [4.69, 9.17) is 9.47 Å². The van der Waals surface area contributed by atoms with E-state index in [0.717, 1.165) is 25.5 Å². The molecule has 0 aliphatic carbocycles. The van der Waals surface area contributed by atoms with E-state index in [1.807, 2.05) is 26.0 Å². The quantitative estimate of drug-likeness (QED) is 0.903. The molecule has 1 N–H and O–H groups in total. The molecular formula is C13H20ClNO2. The summed E-state index contributed by atoms with van der Waals surface area (Å²) in [5.74, 6) is 0.926. The first-order chi connectivity index (χ1) is 7.75. The van der Waals surface area contributed by atoms with E-state index in [1.54, 1.807) is 0 Å². The SMILES string of the molecule is CC(C)Oc1ccc([C@@H]2COCCN2)cc1.Cl. The second-order valence-electron chi connectivity index (χ2n) is 4.32. The Morgan fingerprint density at radius 3 is 2.53 bits per heavy atom. The van der Waals surface area contributed by atoms with Crippen LogP contribution in [0, 0.1) is 0 Å². The van der Waals surface area contributed by atoms with E-state index >= 15 is 0 Å². The lowest BCUT2D eigenvalue weighted by Crippen LogP contribution is -2.34. The summed E-state index contributed by atoms with van der Waals surface area (Å²) < 4.78 is 11.0. The Balaban J connectivity index is 0.00000144. The van der Waals surface area contributed by atoms with Crippen LogP contribution in [-0.4, -0.2) is 25.9 Å². The molecule has 1 atom stereocenters. The zero-order valence-corrected chi connectivity index (χ0v) is 11.1. The van der Waals surface area contributed by atoms with Gasteiger partial charge in [0.05, 0.1) is 25.4 Å². The third-order valence-corrected chi connectivity index (χ3v) is 2.58. The minimum atomic E-state index is 0. The lowest BCUT2D eigenvalue weighted by Gasteiger charge is -2.24. The molecule has 96 valence electrons. The number of ether oxygens (including phenoxy) is 2. The summed E-state index contributed by atoms with van der Waals surface area (Å²) >= 11 is 0. The number of nitrogens with one attached hydrogen (secondary N) is 1. The molecule has 0 aromatic heterocycles. The van der Waals surface area contributed by atoms with Crippen molar-refractivity contribution in [2.75, 3.05) is 19.8 Å². The van der Waals surface area contributed by atoms with Gasteiger partial charge in [0.15, 0.2) is 0 Å². The van der Waals surface area contributed by atoms with Crippen LogP contribution in [0.15, 0.2) is 24.3 Å². The number of morpholine rings is 1. The van der Waals surface area contributed by atoms with Gasteiger partial charge in [0.2, 0.25) is 0 Å². The van der Waals surface area contributed by atoms with E-state index < -0.39 is 0 Å². The summed E-state index contributed by atoms with van der Waals surface area (Å²) in [7, 11) is 0. The van der Waals surface area contributed by atoms with Gasteiger partial charge in [-0.15, -0.1) is 12.4 Å². The van der Waals surface area contributed by atoms with Gasteiger partial charge in [-0.2, -0.15) is 0 Å². The van der Waals surface area contributed by atoms with Crippen LogP contribution in [-0.2, 0) is 4.74 Å². The maximum absolute atomic E-state index is 5.60. The van der Waals surface area contributed by atoms with Gasteiger partial charge in [-0.1, -0.05) is 12.1 Å². The fourth-order valence-electron chi connectivity index (χ4n) is 1.83. The van der Waals surface area contributed by atoms with Crippen LogP contribution in [0.3, 0.4) is 0 Å². The van der Waals surface area contributed by atoms with Crippen molar-refractivity contribution in [3.63, 3.8) is 0 Å². The van der Waals surface area contributed by atoms with Crippen LogP contribution < -0.4 is 10.1 Å². The third kappa shape index (κ3) is 4.19. The average molecular weight is 258 g/mol. The van der Waals surface area contributed by atoms with Crippen molar-refractivity contribution >= 4 is 12.4 Å². The molecule has 17 heavy (non-hydrogen) atoms. The smallest absolute Gasteiger partial charge is 0.119 e. The molecule has 1 aromatic carbocycles. The van der Waals surface area contributed by atoms with Crippen molar-refractivity contribution in [3.8, 4) is 5.75 Å². The Morgan fingerprint density at radius 2 is 2.00 bits per heavy atom. The average Bonchev–Trinajstić information content (AvgIpc) is 2.30. The molecule has 0 amide bonds. The molecule has 0 radical (unpaired) electrons. The highest BCUT2D eigenvalue weighted by Gasteiger charge is 2.14. The Hall–Kier alpha value is -0.770. The van der Waals surface area contributed by atoms with Crippen molar-refractivity contribution in [2.24, 2.45) is 0 Å². The zero-order chi connectivity index (χ0) is 11.4. The summed E-state index contributed by atoms with van der Waals surface area (Å²) in [6.45, 7) is 6.55.